The largest absolute Gasteiger partial charge is 0.479 e. The second-order valence-electron chi connectivity index (χ2n) is 5.94. The van der Waals surface area contributed by atoms with Gasteiger partial charge in [-0.25, -0.2) is 0 Å². The minimum absolute atomic E-state index is 0.0535. The number of alkyl halides is 6. The quantitative estimate of drug-likeness (QED) is 0.290. The molecule has 0 amide bonds. The molecule has 29 heavy (non-hydrogen) atoms. The average molecular weight is 429 g/mol. The summed E-state index contributed by atoms with van der Waals surface area (Å²) in [5, 5.41) is 9.32. The topological polar surface area (TPSA) is 39.9 Å². The fourth-order valence-corrected chi connectivity index (χ4v) is 3.11. The molecule has 0 saturated carbocycles. The van der Waals surface area contributed by atoms with Gasteiger partial charge < -0.3 is 4.18 Å². The third-order valence-electron chi connectivity index (χ3n) is 4.00. The molecule has 0 spiro atoms. The molecular formula is C18H9F6N3OS. The van der Waals surface area contributed by atoms with Crippen molar-refractivity contribution in [2.75, 3.05) is 0 Å². The molecule has 0 unspecified atom stereocenters. The minimum atomic E-state index is -4.65. The predicted octanol–water partition coefficient (Wildman–Crippen LogP) is 6.14. The van der Waals surface area contributed by atoms with E-state index >= 15 is 0 Å². The number of aromatic nitrogens is 3. The van der Waals surface area contributed by atoms with Crippen molar-refractivity contribution in [3.05, 3.63) is 60.2 Å². The highest BCUT2D eigenvalue weighted by Crippen LogP contribution is 2.38. The lowest BCUT2D eigenvalue weighted by Crippen LogP contribution is -2.06. The molecule has 150 valence electrons. The van der Waals surface area contributed by atoms with Gasteiger partial charge in [-0.15, -0.1) is 15.0 Å². The molecule has 0 saturated heterocycles. The van der Waals surface area contributed by atoms with E-state index in [0.29, 0.717) is 10.8 Å². The second-order valence-corrected chi connectivity index (χ2v) is 6.73. The Bertz CT molecular complexity index is 1200. The van der Waals surface area contributed by atoms with Crippen molar-refractivity contribution in [3.63, 3.8) is 0 Å². The van der Waals surface area contributed by atoms with E-state index in [1.54, 1.807) is 30.3 Å². The van der Waals surface area contributed by atoms with Crippen molar-refractivity contribution >= 4 is 33.8 Å². The van der Waals surface area contributed by atoms with Gasteiger partial charge in [0, 0.05) is 5.39 Å². The molecule has 0 N–H and O–H groups in total. The van der Waals surface area contributed by atoms with Crippen molar-refractivity contribution < 1.29 is 30.5 Å². The Balaban J connectivity index is 1.89. The highest BCUT2D eigenvalue weighted by molar-refractivity contribution is 7.95. The first-order valence-electron chi connectivity index (χ1n) is 8.01. The summed E-state index contributed by atoms with van der Waals surface area (Å²) in [4.78, 5) is 0.986. The Morgan fingerprint density at radius 2 is 1.55 bits per heavy atom. The normalized spacial score (nSPS) is 12.6. The molecule has 0 aliphatic carbocycles. The van der Waals surface area contributed by atoms with Crippen LogP contribution in [-0.2, 0) is 6.18 Å². The standard InChI is InChI=1S/C18H9F6N3OS/c19-17(20,21)11-6-7-13-14(9-11)26-27(25-13)16-12-4-2-1-3-10(12)5-8-15(16)28-29-18(22,23)24/h1-9H. The number of nitrogens with zero attached hydrogens (tertiary/aromatic N) is 3. The van der Waals surface area contributed by atoms with Gasteiger partial charge >= 0.3 is 11.7 Å². The van der Waals surface area contributed by atoms with Gasteiger partial charge in [0.2, 0.25) is 0 Å². The van der Waals surface area contributed by atoms with Gasteiger partial charge in [0.15, 0.2) is 17.8 Å². The molecule has 0 aliphatic rings. The van der Waals surface area contributed by atoms with E-state index in [9.17, 15) is 26.3 Å². The molecule has 3 aromatic carbocycles. The zero-order valence-corrected chi connectivity index (χ0v) is 14.9. The van der Waals surface area contributed by atoms with Crippen LogP contribution in [0.3, 0.4) is 0 Å². The summed E-state index contributed by atoms with van der Waals surface area (Å²) in [6.45, 7) is 0. The van der Waals surface area contributed by atoms with Gasteiger partial charge in [0.25, 0.3) is 0 Å². The third-order valence-corrected chi connectivity index (χ3v) is 4.45. The summed E-state index contributed by atoms with van der Waals surface area (Å²) >= 11 is -0.701. The number of rotatable bonds is 3. The van der Waals surface area contributed by atoms with Crippen LogP contribution in [0.15, 0.2) is 54.6 Å². The van der Waals surface area contributed by atoms with Gasteiger partial charge in [0.05, 0.1) is 5.56 Å². The van der Waals surface area contributed by atoms with Crippen LogP contribution in [-0.4, -0.2) is 20.5 Å². The lowest BCUT2D eigenvalue weighted by molar-refractivity contribution is -0.137. The van der Waals surface area contributed by atoms with Crippen LogP contribution in [0.5, 0.6) is 5.75 Å². The average Bonchev–Trinajstić information content (AvgIpc) is 3.07. The van der Waals surface area contributed by atoms with Crippen LogP contribution in [0.4, 0.5) is 26.3 Å². The summed E-state index contributed by atoms with van der Waals surface area (Å²) in [5.74, 6) is -0.178. The monoisotopic (exact) mass is 429 g/mol. The molecule has 11 heteroatoms. The highest BCUT2D eigenvalue weighted by atomic mass is 32.2. The van der Waals surface area contributed by atoms with Crippen LogP contribution < -0.4 is 4.18 Å². The molecule has 0 bridgehead atoms. The number of fused-ring (bicyclic) bond motifs is 2. The van der Waals surface area contributed by atoms with Gasteiger partial charge in [-0.3, -0.25) is 0 Å². The molecule has 1 heterocycles. The zero-order chi connectivity index (χ0) is 20.8. The van der Waals surface area contributed by atoms with E-state index in [1.807, 2.05) is 0 Å². The number of hydrogen-bond donors (Lipinski definition) is 0. The number of hydrogen-bond acceptors (Lipinski definition) is 4. The Morgan fingerprint density at radius 3 is 2.28 bits per heavy atom. The van der Waals surface area contributed by atoms with Gasteiger partial charge in [-0.1, -0.05) is 30.3 Å². The van der Waals surface area contributed by atoms with E-state index in [1.165, 1.54) is 6.07 Å². The lowest BCUT2D eigenvalue weighted by atomic mass is 10.1. The van der Waals surface area contributed by atoms with Crippen molar-refractivity contribution in [2.45, 2.75) is 11.7 Å². The summed E-state index contributed by atoms with van der Waals surface area (Å²) < 4.78 is 81.5. The molecule has 0 aliphatic heterocycles. The molecule has 4 aromatic rings. The van der Waals surface area contributed by atoms with Gasteiger partial charge in [-0.05, 0) is 29.7 Å². The first kappa shape index (κ1) is 19.4. The van der Waals surface area contributed by atoms with Gasteiger partial charge in [-0.2, -0.15) is 26.3 Å². The molecular weight excluding hydrogens is 420 g/mol. The predicted molar refractivity (Wildman–Crippen MR) is 95.6 cm³/mol. The first-order chi connectivity index (χ1) is 13.6. The van der Waals surface area contributed by atoms with Crippen molar-refractivity contribution in [1.82, 2.24) is 15.0 Å². The number of benzene rings is 3. The maximum Gasteiger partial charge on any atom is 0.479 e. The van der Waals surface area contributed by atoms with Crippen LogP contribution in [0.25, 0.3) is 27.5 Å². The van der Waals surface area contributed by atoms with E-state index in [4.69, 9.17) is 4.18 Å². The number of halogens is 6. The summed E-state index contributed by atoms with van der Waals surface area (Å²) in [7, 11) is 0. The lowest BCUT2D eigenvalue weighted by Gasteiger charge is -2.13. The van der Waals surface area contributed by atoms with Crippen LogP contribution in [0, 0.1) is 0 Å². The van der Waals surface area contributed by atoms with Crippen molar-refractivity contribution in [2.24, 2.45) is 0 Å². The second kappa shape index (κ2) is 6.83. The van der Waals surface area contributed by atoms with Gasteiger partial charge in [0.1, 0.15) is 16.7 Å². The van der Waals surface area contributed by atoms with Crippen molar-refractivity contribution in [1.29, 1.82) is 0 Å². The summed E-state index contributed by atoms with van der Waals surface area (Å²) in [6.07, 6.45) is -4.56. The van der Waals surface area contributed by atoms with E-state index < -0.39 is 29.3 Å². The minimum Gasteiger partial charge on any atom is -0.415 e. The summed E-state index contributed by atoms with van der Waals surface area (Å²) in [6, 6.07) is 12.5. The molecule has 4 rings (SSSR count). The Kier molecular flexibility index (Phi) is 4.56. The SMILES string of the molecule is FC(F)(F)SOc1ccc2ccccc2c1-n1nc2ccc(C(F)(F)F)cc2n1. The van der Waals surface area contributed by atoms with Crippen LogP contribution >= 0.6 is 12.0 Å². The van der Waals surface area contributed by atoms with E-state index in [-0.39, 0.29) is 22.5 Å². The molecule has 0 radical (unpaired) electrons. The Morgan fingerprint density at radius 1 is 0.828 bits per heavy atom. The fraction of sp³-hybridized carbons (Fsp3) is 0.111. The summed E-state index contributed by atoms with van der Waals surface area (Å²) in [5.41, 5.74) is -5.36. The highest BCUT2D eigenvalue weighted by Gasteiger charge is 2.33. The van der Waals surface area contributed by atoms with E-state index in [2.05, 4.69) is 10.2 Å². The smallest absolute Gasteiger partial charge is 0.415 e. The third kappa shape index (κ3) is 3.95. The van der Waals surface area contributed by atoms with Crippen molar-refractivity contribution in [3.8, 4) is 11.4 Å². The maximum absolute atomic E-state index is 12.9. The molecule has 1 aromatic heterocycles. The maximum atomic E-state index is 12.9. The first-order valence-corrected chi connectivity index (χ1v) is 8.75. The molecule has 4 nitrogen and oxygen atoms in total. The Hall–Kier alpha value is -2.95. The van der Waals surface area contributed by atoms with Crippen LogP contribution in [0.1, 0.15) is 5.56 Å². The Labute approximate surface area is 163 Å². The van der Waals surface area contributed by atoms with Crippen LogP contribution in [0.2, 0.25) is 0 Å². The fourth-order valence-electron chi connectivity index (χ4n) is 2.79. The zero-order valence-electron chi connectivity index (χ0n) is 14.1. The van der Waals surface area contributed by atoms with E-state index in [0.717, 1.165) is 23.0 Å². The molecule has 0 fully saturated rings. The molecule has 0 atom stereocenters.